The quantitative estimate of drug-likeness (QED) is 0.0775. The van der Waals surface area contributed by atoms with Crippen molar-refractivity contribution in [2.75, 3.05) is 51.0 Å². The Kier molecular flexibility index (Phi) is 11.8. The number of likely N-dealkylation sites (N-methyl/N-ethyl adjacent to an activating group) is 1. The molecule has 64 heavy (non-hydrogen) atoms. The summed E-state index contributed by atoms with van der Waals surface area (Å²) in [5, 5.41) is 16.6. The van der Waals surface area contributed by atoms with E-state index in [-0.39, 0.29) is 86.5 Å². The molecule has 1 aliphatic carbocycles. The van der Waals surface area contributed by atoms with Crippen LogP contribution in [-0.2, 0) is 62.9 Å². The summed E-state index contributed by atoms with van der Waals surface area (Å²) in [7, 11) is -2.02. The van der Waals surface area contributed by atoms with Crippen LogP contribution in [0, 0.1) is 0 Å². The second-order valence-electron chi connectivity index (χ2n) is 16.3. The molecule has 2 aromatic heterocycles. The van der Waals surface area contributed by atoms with Gasteiger partial charge in [-0.1, -0.05) is 6.07 Å². The minimum atomic E-state index is -3.60. The first-order valence-electron chi connectivity index (χ1n) is 20.7. The van der Waals surface area contributed by atoms with Crippen LogP contribution in [0.3, 0.4) is 0 Å². The summed E-state index contributed by atoms with van der Waals surface area (Å²) < 4.78 is 66.1. The summed E-state index contributed by atoms with van der Waals surface area (Å²) in [5.41, 5.74) is 4.39. The molecule has 4 unspecified atom stereocenters. The molecule has 3 N–H and O–H groups in total. The Morgan fingerprint density at radius 3 is 2.61 bits per heavy atom. The number of aldehydes is 1. The maximum Gasteiger partial charge on any atom is 0.411 e. The number of aliphatic hydroxyl groups is 1. The fourth-order valence-corrected chi connectivity index (χ4v) is 8.89. The molecule has 1 saturated heterocycles. The van der Waals surface area contributed by atoms with Gasteiger partial charge < -0.3 is 58.3 Å². The predicted molar refractivity (Wildman–Crippen MR) is 223 cm³/mol. The van der Waals surface area contributed by atoms with Crippen LogP contribution >= 0.6 is 0 Å². The number of hydrogen-bond acceptors (Lipinski definition) is 17. The number of nitrogens with zero attached hydrogens (tertiary/aromatic N) is 3. The van der Waals surface area contributed by atoms with Crippen molar-refractivity contribution in [2.24, 2.45) is 0 Å². The number of sulfone groups is 1. The van der Waals surface area contributed by atoms with E-state index < -0.39 is 64.9 Å². The second-order valence-corrected chi connectivity index (χ2v) is 18.6. The third-order valence-corrected chi connectivity index (χ3v) is 12.5. The van der Waals surface area contributed by atoms with Gasteiger partial charge in [0.15, 0.2) is 17.6 Å². The Labute approximate surface area is 365 Å². The normalized spacial score (nSPS) is 20.8. The zero-order valence-corrected chi connectivity index (χ0v) is 35.6. The Morgan fingerprint density at radius 1 is 1.06 bits per heavy atom. The molecular weight excluding hydrogens is 859 g/mol. The molecule has 2 amide bonds. The number of fused-ring (bicyclic) bond motifs is 6. The van der Waals surface area contributed by atoms with Crippen molar-refractivity contribution in [3.8, 4) is 28.6 Å². The first-order valence-corrected chi connectivity index (χ1v) is 22.8. The van der Waals surface area contributed by atoms with Gasteiger partial charge in [0, 0.05) is 48.2 Å². The molecule has 2 fully saturated rings. The lowest BCUT2D eigenvalue weighted by atomic mass is 9.96. The third-order valence-electron chi connectivity index (χ3n) is 11.6. The van der Waals surface area contributed by atoms with E-state index in [0.29, 0.717) is 40.3 Å². The van der Waals surface area contributed by atoms with Gasteiger partial charge in [-0.25, -0.2) is 23.0 Å². The third kappa shape index (κ3) is 8.85. The summed E-state index contributed by atoms with van der Waals surface area (Å²) in [5.74, 6) is -0.0673. The molecule has 0 radical (unpaired) electrons. The number of carbonyl (C=O) groups is 4. The smallest absolute Gasteiger partial charge is 0.411 e. The lowest BCUT2D eigenvalue weighted by Crippen LogP contribution is -2.40. The first kappa shape index (κ1) is 43.1. The van der Waals surface area contributed by atoms with Crippen LogP contribution in [0.15, 0.2) is 41.2 Å². The number of esters is 1. The second kappa shape index (κ2) is 17.4. The summed E-state index contributed by atoms with van der Waals surface area (Å²) >= 11 is 0. The molecule has 21 heteroatoms. The molecule has 0 bridgehead atoms. The van der Waals surface area contributed by atoms with Gasteiger partial charge in [-0.3, -0.25) is 14.5 Å². The molecule has 4 atom stereocenters. The minimum Gasteiger partial charge on any atom is -0.463 e. The lowest BCUT2D eigenvalue weighted by molar-refractivity contribution is -0.175. The summed E-state index contributed by atoms with van der Waals surface area (Å²) in [6.07, 6.45) is -1.45. The van der Waals surface area contributed by atoms with Crippen molar-refractivity contribution in [1.29, 1.82) is 0 Å². The molecule has 4 aliphatic heterocycles. The molecule has 20 nitrogen and oxygen atoms in total. The summed E-state index contributed by atoms with van der Waals surface area (Å²) in [6.45, 7) is -1.34. The Morgan fingerprint density at radius 2 is 1.86 bits per heavy atom. The van der Waals surface area contributed by atoms with Gasteiger partial charge in [-0.15, -0.1) is 0 Å². The van der Waals surface area contributed by atoms with Gasteiger partial charge in [0.25, 0.3) is 5.56 Å². The summed E-state index contributed by atoms with van der Waals surface area (Å²) in [6, 6.07) is 10.00. The molecule has 9 rings (SSSR count). The van der Waals surface area contributed by atoms with Gasteiger partial charge in [0.2, 0.25) is 19.0 Å². The fourth-order valence-electron chi connectivity index (χ4n) is 8.34. The standard InChI is InChI=1S/C43H45N5O15S/c1-44-15-36(51)45-31-9-22(3-6-33(31)63-37-11-24(50)10-25(17-49)62-37)18-58-43(54)47(7-8-64(2,55)56)20-59-40-26-12-32-39-28(16-48(32)41(52)29(26)19-57-42(40)53)38(23-4-5-23)27-13-34-35(61-21-60-34)14-30(27)46-39/h3,6,9,12-14,17,23-25,37,40,44,50H,4-5,7-8,10-11,15-16,18-21H2,1-2H3,(H,45,51). The summed E-state index contributed by atoms with van der Waals surface area (Å²) in [4.78, 5) is 71.2. The molecule has 6 heterocycles. The maximum atomic E-state index is 14.2. The number of carbonyl (C=O) groups excluding carboxylic acids is 4. The average molecular weight is 904 g/mol. The molecule has 338 valence electrons. The van der Waals surface area contributed by atoms with Gasteiger partial charge in [-0.05, 0) is 61.2 Å². The van der Waals surface area contributed by atoms with Crippen LogP contribution in [0.4, 0.5) is 10.5 Å². The van der Waals surface area contributed by atoms with Crippen molar-refractivity contribution >= 4 is 50.7 Å². The van der Waals surface area contributed by atoms with Crippen molar-refractivity contribution < 1.29 is 65.9 Å². The number of rotatable bonds is 15. The van der Waals surface area contributed by atoms with Crippen LogP contribution in [0.2, 0.25) is 0 Å². The zero-order chi connectivity index (χ0) is 44.9. The Balaban J connectivity index is 0.952. The number of pyridine rings is 2. The van der Waals surface area contributed by atoms with Gasteiger partial charge in [-0.2, -0.15) is 0 Å². The number of aromatic nitrogens is 2. The van der Waals surface area contributed by atoms with Crippen molar-refractivity contribution in [3.05, 3.63) is 74.6 Å². The van der Waals surface area contributed by atoms with Crippen molar-refractivity contribution in [1.82, 2.24) is 19.8 Å². The van der Waals surface area contributed by atoms with Gasteiger partial charge in [0.1, 0.15) is 47.9 Å². The van der Waals surface area contributed by atoms with E-state index in [0.717, 1.165) is 40.5 Å². The van der Waals surface area contributed by atoms with E-state index in [9.17, 15) is 37.5 Å². The monoisotopic (exact) mass is 903 g/mol. The van der Waals surface area contributed by atoms with Crippen molar-refractivity contribution in [3.63, 3.8) is 0 Å². The molecule has 5 aliphatic rings. The average Bonchev–Trinajstić information content (AvgIpc) is 3.88. The zero-order valence-electron chi connectivity index (χ0n) is 34.8. The highest BCUT2D eigenvalue weighted by Crippen LogP contribution is 2.50. The topological polar surface area (TPSA) is 249 Å². The lowest BCUT2D eigenvalue weighted by Gasteiger charge is -2.31. The Bertz CT molecular complexity index is 2740. The SMILES string of the molecule is CNCC(=O)Nc1cc(COC(=O)N(CCS(C)(=O)=O)COC2C(=O)OCc3c2cc2n(c3=O)Cc3c-2nc2cc4c(cc2c3C2CC2)OCO4)ccc1OC1CC(O)CC(C=O)O1. The molecule has 1 saturated carbocycles. The molecule has 2 aromatic carbocycles. The van der Waals surface area contributed by atoms with Crippen LogP contribution in [0.1, 0.15) is 65.5 Å². The molecular formula is C43H45N5O15S. The van der Waals surface area contributed by atoms with E-state index in [2.05, 4.69) is 10.6 Å². The van der Waals surface area contributed by atoms with Crippen LogP contribution in [0.5, 0.6) is 17.2 Å². The van der Waals surface area contributed by atoms with Crippen LogP contribution in [0.25, 0.3) is 22.3 Å². The van der Waals surface area contributed by atoms with E-state index in [4.69, 9.17) is 38.1 Å². The highest BCUT2D eigenvalue weighted by Gasteiger charge is 2.39. The Hall–Kier alpha value is -6.13. The van der Waals surface area contributed by atoms with E-state index >= 15 is 0 Å². The number of amides is 2. The number of ether oxygens (including phenoxy) is 7. The van der Waals surface area contributed by atoms with Gasteiger partial charge >= 0.3 is 12.1 Å². The molecule has 0 spiro atoms. The largest absolute Gasteiger partial charge is 0.463 e. The number of benzene rings is 2. The van der Waals surface area contributed by atoms with E-state index in [1.807, 2.05) is 12.1 Å². The highest BCUT2D eigenvalue weighted by atomic mass is 32.2. The number of nitrogens with one attached hydrogen (secondary N) is 2. The predicted octanol–water partition coefficient (Wildman–Crippen LogP) is 2.39. The first-order chi connectivity index (χ1) is 30.8. The number of cyclic esters (lactones) is 1. The number of hydrogen-bond donors (Lipinski definition) is 3. The van der Waals surface area contributed by atoms with Gasteiger partial charge in [0.05, 0.1) is 53.1 Å². The minimum absolute atomic E-state index is 0.0491. The van der Waals surface area contributed by atoms with E-state index in [1.54, 1.807) is 23.7 Å². The van der Waals surface area contributed by atoms with Crippen LogP contribution < -0.4 is 30.4 Å². The van der Waals surface area contributed by atoms with Crippen molar-refractivity contribution in [2.45, 2.75) is 76.0 Å². The van der Waals surface area contributed by atoms with E-state index in [1.165, 1.54) is 12.1 Å². The van der Waals surface area contributed by atoms with Crippen LogP contribution in [-0.4, -0.2) is 116 Å². The number of aliphatic hydroxyl groups excluding tert-OH is 1. The highest BCUT2D eigenvalue weighted by molar-refractivity contribution is 7.90. The fraction of sp³-hybridized carbons (Fsp3) is 0.442. The number of anilines is 1. The maximum absolute atomic E-state index is 14.2. The molecule has 4 aromatic rings.